The molecule has 8 nitrogen and oxygen atoms in total. The third-order valence-corrected chi connectivity index (χ3v) is 8.05. The van der Waals surface area contributed by atoms with Crippen molar-refractivity contribution in [1.29, 1.82) is 0 Å². The Morgan fingerprint density at radius 3 is 2.50 bits per heavy atom. The molecule has 1 aliphatic heterocycles. The van der Waals surface area contributed by atoms with Crippen LogP contribution in [0.5, 0.6) is 0 Å². The van der Waals surface area contributed by atoms with Gasteiger partial charge in [0.2, 0.25) is 5.78 Å². The van der Waals surface area contributed by atoms with Gasteiger partial charge < -0.3 is 15.2 Å². The average Bonchev–Trinajstić information content (AvgIpc) is 3.50. The zero-order valence-corrected chi connectivity index (χ0v) is 22.7. The number of Topliss-reactive ketones (excluding diaryl/α,β-unsaturated/α-hetero) is 1. The lowest BCUT2D eigenvalue weighted by atomic mass is 9.87. The number of carboxylic acid groups (broad SMARTS) is 1. The average molecular weight is 568 g/mol. The number of benzene rings is 2. The van der Waals surface area contributed by atoms with E-state index in [1.54, 1.807) is 18.3 Å². The zero-order chi connectivity index (χ0) is 28.3. The maximum atomic E-state index is 16.4. The van der Waals surface area contributed by atoms with Crippen LogP contribution in [0.3, 0.4) is 0 Å². The molecule has 10 heteroatoms. The van der Waals surface area contributed by atoms with Crippen molar-refractivity contribution in [3.63, 3.8) is 0 Å². The van der Waals surface area contributed by atoms with E-state index in [4.69, 9.17) is 16.3 Å². The number of halogens is 2. The number of aliphatic carboxylic acids is 1. The van der Waals surface area contributed by atoms with Gasteiger partial charge in [0.05, 0.1) is 22.7 Å². The number of nitrogens with zero attached hydrogens (tertiary/aromatic N) is 2. The van der Waals surface area contributed by atoms with Gasteiger partial charge >= 0.3 is 11.9 Å². The minimum Gasteiger partial charge on any atom is -0.481 e. The number of carbonyl (C=O) groups excluding carboxylic acids is 2. The zero-order valence-electron chi connectivity index (χ0n) is 21.9. The molecule has 40 heavy (non-hydrogen) atoms. The molecule has 2 heterocycles. The summed E-state index contributed by atoms with van der Waals surface area (Å²) in [6, 6.07) is 14.0. The van der Waals surface area contributed by atoms with Crippen LogP contribution in [-0.2, 0) is 20.7 Å². The summed E-state index contributed by atoms with van der Waals surface area (Å²) in [4.78, 5) is 43.3. The second kappa shape index (κ2) is 12.0. The number of pyridine rings is 1. The predicted octanol–water partition coefficient (Wildman–Crippen LogP) is 5.63. The highest BCUT2D eigenvalue weighted by atomic mass is 35.5. The van der Waals surface area contributed by atoms with E-state index in [0.717, 1.165) is 18.2 Å². The molecule has 1 saturated carbocycles. The van der Waals surface area contributed by atoms with Crippen LogP contribution in [0, 0.1) is 5.92 Å². The molecule has 1 aliphatic carbocycles. The lowest BCUT2D eigenvalue weighted by Crippen LogP contribution is -2.54. The molecule has 0 spiro atoms. The minimum absolute atomic E-state index is 0.206. The second-order valence-electron chi connectivity index (χ2n) is 10.4. The first-order valence-electron chi connectivity index (χ1n) is 13.6. The highest BCUT2D eigenvalue weighted by Crippen LogP contribution is 2.35. The highest BCUT2D eigenvalue weighted by Gasteiger charge is 2.48. The van der Waals surface area contributed by atoms with Crippen LogP contribution in [0.4, 0.5) is 10.1 Å². The van der Waals surface area contributed by atoms with E-state index in [1.807, 2.05) is 30.3 Å². The van der Waals surface area contributed by atoms with E-state index in [9.17, 15) is 19.5 Å². The maximum Gasteiger partial charge on any atom is 0.330 e. The van der Waals surface area contributed by atoms with E-state index in [0.29, 0.717) is 55.4 Å². The molecule has 1 unspecified atom stereocenters. The van der Waals surface area contributed by atoms with Crippen LogP contribution in [0.25, 0.3) is 10.8 Å². The Morgan fingerprint density at radius 2 is 1.80 bits per heavy atom. The molecule has 2 aliphatic rings. The molecular weight excluding hydrogens is 537 g/mol. The smallest absolute Gasteiger partial charge is 0.330 e. The number of rotatable bonds is 9. The number of nitrogens with one attached hydrogen (secondary N) is 1. The Hall–Kier alpha value is -3.40. The summed E-state index contributed by atoms with van der Waals surface area (Å²) in [7, 11) is 0. The van der Waals surface area contributed by atoms with Crippen molar-refractivity contribution in [2.45, 2.75) is 57.0 Å². The summed E-state index contributed by atoms with van der Waals surface area (Å²) in [5, 5.41) is 13.8. The number of alkyl halides is 1. The van der Waals surface area contributed by atoms with E-state index in [2.05, 4.69) is 10.3 Å². The lowest BCUT2D eigenvalue weighted by Gasteiger charge is -2.37. The Balaban J connectivity index is 1.28. The first kappa shape index (κ1) is 28.1. The summed E-state index contributed by atoms with van der Waals surface area (Å²) < 4.78 is 22.3. The van der Waals surface area contributed by atoms with Crippen LogP contribution >= 0.6 is 11.6 Å². The molecule has 210 valence electrons. The largest absolute Gasteiger partial charge is 0.481 e. The lowest BCUT2D eigenvalue weighted by molar-refractivity contribution is -0.252. The van der Waals surface area contributed by atoms with Gasteiger partial charge in [-0.2, -0.15) is 4.39 Å². The van der Waals surface area contributed by atoms with Gasteiger partial charge in [0.15, 0.2) is 0 Å². The van der Waals surface area contributed by atoms with E-state index in [1.165, 1.54) is 11.0 Å². The summed E-state index contributed by atoms with van der Waals surface area (Å²) >= 11 is 6.47. The summed E-state index contributed by atoms with van der Waals surface area (Å²) in [5.74, 6) is -5.08. The fourth-order valence-electron chi connectivity index (χ4n) is 5.52. The van der Waals surface area contributed by atoms with Gasteiger partial charge in [-0.25, -0.2) is 4.90 Å². The number of carboxylic acids is 1. The number of fused-ring (bicyclic) bond motifs is 1. The molecule has 0 bridgehead atoms. The SMILES string of the molecule is O=C(Nc1ccc(CC(=O)C(F)(O[C@H]2CC[C@H](C(=O)O)CC2)N2CCCC2)cc1Cl)c1nccc2ccccc12. The maximum absolute atomic E-state index is 16.4. The monoisotopic (exact) mass is 567 g/mol. The Morgan fingerprint density at radius 1 is 1.07 bits per heavy atom. The summed E-state index contributed by atoms with van der Waals surface area (Å²) in [5.41, 5.74) is 1.08. The van der Waals surface area contributed by atoms with Crippen molar-refractivity contribution in [2.24, 2.45) is 5.92 Å². The molecule has 0 radical (unpaired) electrons. The summed E-state index contributed by atoms with van der Waals surface area (Å²) in [6.07, 6.45) is 3.86. The Bertz CT molecular complexity index is 1420. The van der Waals surface area contributed by atoms with Gasteiger partial charge in [-0.05, 0) is 67.7 Å². The van der Waals surface area contributed by atoms with Crippen molar-refractivity contribution in [2.75, 3.05) is 18.4 Å². The molecular formula is C30H31ClFN3O5. The predicted molar refractivity (Wildman–Crippen MR) is 149 cm³/mol. The van der Waals surface area contributed by atoms with Crippen molar-refractivity contribution in [3.05, 3.63) is 71.0 Å². The molecule has 5 rings (SSSR count). The Labute approximate surface area is 236 Å². The molecule has 1 amide bonds. The minimum atomic E-state index is -2.60. The van der Waals surface area contributed by atoms with Crippen molar-refractivity contribution >= 4 is 45.7 Å². The Kier molecular flexibility index (Phi) is 8.44. The van der Waals surface area contributed by atoms with Gasteiger partial charge in [0.1, 0.15) is 5.69 Å². The first-order valence-corrected chi connectivity index (χ1v) is 13.9. The van der Waals surface area contributed by atoms with Gasteiger partial charge in [-0.15, -0.1) is 0 Å². The third-order valence-electron chi connectivity index (χ3n) is 7.74. The number of hydrogen-bond acceptors (Lipinski definition) is 6. The van der Waals surface area contributed by atoms with Gasteiger partial charge in [0, 0.05) is 31.1 Å². The van der Waals surface area contributed by atoms with Gasteiger partial charge in [0.25, 0.3) is 5.91 Å². The molecule has 1 aromatic heterocycles. The molecule has 3 aromatic rings. The molecule has 1 atom stereocenters. The number of carbonyl (C=O) groups is 3. The number of ether oxygens (including phenoxy) is 1. The van der Waals surface area contributed by atoms with Crippen LogP contribution in [-0.4, -0.2) is 57.8 Å². The molecule has 2 N–H and O–H groups in total. The fourth-order valence-corrected chi connectivity index (χ4v) is 5.77. The fraction of sp³-hybridized carbons (Fsp3) is 0.400. The van der Waals surface area contributed by atoms with E-state index < -0.39 is 35.7 Å². The third kappa shape index (κ3) is 6.01. The van der Waals surface area contributed by atoms with Crippen LogP contribution < -0.4 is 5.32 Å². The normalized spacial score (nSPS) is 21.1. The standard InChI is InChI=1S/C30H31ClFN3O5/c31-24-17-19(7-12-25(24)34-28(37)27-23-6-2-1-5-20(23)13-14-33-27)18-26(36)30(32,35-15-3-4-16-35)40-22-10-8-21(9-11-22)29(38)39/h1-2,5-7,12-14,17,21-22H,3-4,8-11,15-16,18H2,(H,34,37)(H,38,39)/t21-,22-,30?. The van der Waals surface area contributed by atoms with Crippen LogP contribution in [0.15, 0.2) is 54.7 Å². The summed E-state index contributed by atoms with van der Waals surface area (Å²) in [6.45, 7) is 0.807. The second-order valence-corrected chi connectivity index (χ2v) is 10.8. The van der Waals surface area contributed by atoms with Gasteiger partial charge in [-0.3, -0.25) is 19.4 Å². The number of anilines is 1. The van der Waals surface area contributed by atoms with Gasteiger partial charge in [-0.1, -0.05) is 41.9 Å². The number of hydrogen-bond donors (Lipinski definition) is 2. The van der Waals surface area contributed by atoms with E-state index >= 15 is 4.39 Å². The number of amides is 1. The van der Waals surface area contributed by atoms with Crippen LogP contribution in [0.1, 0.15) is 54.6 Å². The van der Waals surface area contributed by atoms with Crippen molar-refractivity contribution in [1.82, 2.24) is 9.88 Å². The molecule has 2 fully saturated rings. The molecule has 1 saturated heterocycles. The van der Waals surface area contributed by atoms with Crippen molar-refractivity contribution in [3.8, 4) is 0 Å². The van der Waals surface area contributed by atoms with Crippen LogP contribution in [0.2, 0.25) is 5.02 Å². The van der Waals surface area contributed by atoms with E-state index in [-0.39, 0.29) is 17.1 Å². The number of likely N-dealkylation sites (tertiary alicyclic amines) is 1. The number of aromatic nitrogens is 1. The van der Waals surface area contributed by atoms with Crippen molar-refractivity contribution < 1.29 is 28.6 Å². The topological polar surface area (TPSA) is 109 Å². The quantitative estimate of drug-likeness (QED) is 0.322. The molecule has 2 aromatic carbocycles. The number of ketones is 1. The first-order chi connectivity index (χ1) is 19.2. The highest BCUT2D eigenvalue weighted by molar-refractivity contribution is 6.34.